The Balaban J connectivity index is 3.31. The first-order chi connectivity index (χ1) is 4.61. The highest BCUT2D eigenvalue weighted by Gasteiger charge is 2.05. The van der Waals surface area contributed by atoms with Crippen molar-refractivity contribution in [3.63, 3.8) is 0 Å². The summed E-state index contributed by atoms with van der Waals surface area (Å²) in [5, 5.41) is 9.09. The van der Waals surface area contributed by atoms with Crippen LogP contribution in [0.5, 0.6) is 5.75 Å². The van der Waals surface area contributed by atoms with Crippen LogP contribution in [0.1, 0.15) is 0 Å². The van der Waals surface area contributed by atoms with E-state index in [-0.39, 0.29) is 15.2 Å². The minimum absolute atomic E-state index is 0.0388. The quantitative estimate of drug-likeness (QED) is 0.673. The standard InChI is InChI=1S/C6H3BrClFO/c7-6-4(9)1-3(8)2-5(6)10/h1-2,10H. The lowest BCUT2D eigenvalue weighted by atomic mass is 10.3. The summed E-state index contributed by atoms with van der Waals surface area (Å²) in [6.07, 6.45) is 0. The zero-order chi connectivity index (χ0) is 7.72. The van der Waals surface area contributed by atoms with Gasteiger partial charge < -0.3 is 5.11 Å². The van der Waals surface area contributed by atoms with Crippen molar-refractivity contribution in [2.24, 2.45) is 0 Å². The Kier molecular flexibility index (Phi) is 2.16. The minimum Gasteiger partial charge on any atom is -0.507 e. The molecule has 1 rings (SSSR count). The van der Waals surface area contributed by atoms with Crippen molar-refractivity contribution in [3.8, 4) is 5.75 Å². The van der Waals surface area contributed by atoms with Gasteiger partial charge in [-0.25, -0.2) is 4.39 Å². The summed E-state index contributed by atoms with van der Waals surface area (Å²) < 4.78 is 12.6. The van der Waals surface area contributed by atoms with Gasteiger partial charge in [-0.1, -0.05) is 11.6 Å². The maximum absolute atomic E-state index is 12.5. The summed E-state index contributed by atoms with van der Waals surface area (Å²) in [7, 11) is 0. The molecule has 0 fully saturated rings. The SMILES string of the molecule is Oc1cc(Cl)cc(F)c1Br. The van der Waals surface area contributed by atoms with Crippen molar-refractivity contribution in [1.29, 1.82) is 0 Å². The van der Waals surface area contributed by atoms with Gasteiger partial charge in [0, 0.05) is 5.02 Å². The molecule has 0 aliphatic heterocycles. The fraction of sp³-hybridized carbons (Fsp3) is 0. The van der Waals surface area contributed by atoms with Crippen molar-refractivity contribution in [1.82, 2.24) is 0 Å². The molecular formula is C6H3BrClFO. The Morgan fingerprint density at radius 3 is 2.60 bits per heavy atom. The molecule has 1 nitrogen and oxygen atoms in total. The number of phenolic OH excluding ortho intramolecular Hbond substituents is 1. The van der Waals surface area contributed by atoms with Crippen molar-refractivity contribution < 1.29 is 9.50 Å². The molecule has 54 valence electrons. The topological polar surface area (TPSA) is 20.2 Å². The lowest BCUT2D eigenvalue weighted by Gasteiger charge is -1.97. The Morgan fingerprint density at radius 2 is 2.10 bits per heavy atom. The molecule has 0 aliphatic rings. The van der Waals surface area contributed by atoms with Crippen molar-refractivity contribution in [3.05, 3.63) is 27.4 Å². The average molecular weight is 225 g/mol. The first-order valence-electron chi connectivity index (χ1n) is 2.45. The van der Waals surface area contributed by atoms with E-state index in [4.69, 9.17) is 16.7 Å². The molecule has 0 radical (unpaired) electrons. The second-order valence-electron chi connectivity index (χ2n) is 1.72. The molecular weight excluding hydrogens is 222 g/mol. The van der Waals surface area contributed by atoms with Gasteiger partial charge in [0.2, 0.25) is 0 Å². The molecule has 0 aliphatic carbocycles. The van der Waals surface area contributed by atoms with Gasteiger partial charge in [-0.3, -0.25) is 0 Å². The zero-order valence-electron chi connectivity index (χ0n) is 4.74. The third-order valence-corrected chi connectivity index (χ3v) is 1.98. The molecule has 1 aromatic carbocycles. The number of hydrogen-bond acceptors (Lipinski definition) is 1. The molecule has 1 aromatic rings. The predicted octanol–water partition coefficient (Wildman–Crippen LogP) is 2.95. The van der Waals surface area contributed by atoms with Gasteiger partial charge >= 0.3 is 0 Å². The summed E-state index contributed by atoms with van der Waals surface area (Å²) in [5.74, 6) is -0.755. The monoisotopic (exact) mass is 224 g/mol. The molecule has 0 spiro atoms. The van der Waals surface area contributed by atoms with E-state index in [1.165, 1.54) is 6.07 Å². The van der Waals surface area contributed by atoms with Gasteiger partial charge in [0.1, 0.15) is 11.6 Å². The number of phenols is 1. The molecule has 0 bridgehead atoms. The smallest absolute Gasteiger partial charge is 0.142 e. The van der Waals surface area contributed by atoms with E-state index < -0.39 is 5.82 Å². The first kappa shape index (κ1) is 7.82. The highest BCUT2D eigenvalue weighted by atomic mass is 79.9. The van der Waals surface area contributed by atoms with Crippen molar-refractivity contribution in [2.75, 3.05) is 0 Å². The van der Waals surface area contributed by atoms with E-state index in [2.05, 4.69) is 15.9 Å². The zero-order valence-corrected chi connectivity index (χ0v) is 7.08. The van der Waals surface area contributed by atoms with Crippen LogP contribution >= 0.6 is 27.5 Å². The van der Waals surface area contributed by atoms with Crippen LogP contribution in [0, 0.1) is 5.82 Å². The minimum atomic E-state index is -0.565. The van der Waals surface area contributed by atoms with Crippen LogP contribution < -0.4 is 0 Å². The van der Waals surface area contributed by atoms with E-state index in [1.807, 2.05) is 0 Å². The van der Waals surface area contributed by atoms with Gasteiger partial charge in [0.15, 0.2) is 0 Å². The Labute approximate surface area is 70.6 Å². The maximum Gasteiger partial charge on any atom is 0.142 e. The molecule has 10 heavy (non-hydrogen) atoms. The van der Waals surface area contributed by atoms with Gasteiger partial charge in [-0.2, -0.15) is 0 Å². The van der Waals surface area contributed by atoms with Crippen LogP contribution in [-0.4, -0.2) is 5.11 Å². The number of hydrogen-bond donors (Lipinski definition) is 1. The molecule has 4 heteroatoms. The number of halogens is 3. The summed E-state index contributed by atoms with van der Waals surface area (Å²) >= 11 is 8.23. The van der Waals surface area contributed by atoms with Gasteiger partial charge in [-0.05, 0) is 28.1 Å². The second kappa shape index (κ2) is 2.76. The van der Waals surface area contributed by atoms with Crippen molar-refractivity contribution in [2.45, 2.75) is 0 Å². The van der Waals surface area contributed by atoms with Crippen LogP contribution in [0.15, 0.2) is 16.6 Å². The predicted molar refractivity (Wildman–Crippen MR) is 40.8 cm³/mol. The number of rotatable bonds is 0. The number of benzene rings is 1. The van der Waals surface area contributed by atoms with Crippen molar-refractivity contribution >= 4 is 27.5 Å². The summed E-state index contributed by atoms with van der Waals surface area (Å²) in [5.41, 5.74) is 0. The van der Waals surface area contributed by atoms with E-state index >= 15 is 0 Å². The van der Waals surface area contributed by atoms with E-state index in [1.54, 1.807) is 0 Å². The van der Waals surface area contributed by atoms with E-state index in [0.717, 1.165) is 6.07 Å². The summed E-state index contributed by atoms with van der Waals surface area (Å²) in [6.45, 7) is 0. The molecule has 0 saturated carbocycles. The summed E-state index contributed by atoms with van der Waals surface area (Å²) in [4.78, 5) is 0. The lowest BCUT2D eigenvalue weighted by molar-refractivity contribution is 0.464. The van der Waals surface area contributed by atoms with Crippen LogP contribution in [-0.2, 0) is 0 Å². The Bertz CT molecular complexity index is 241. The first-order valence-corrected chi connectivity index (χ1v) is 3.62. The maximum atomic E-state index is 12.5. The molecule has 0 heterocycles. The van der Waals surface area contributed by atoms with Crippen LogP contribution in [0.2, 0.25) is 5.02 Å². The average Bonchev–Trinajstić information content (AvgIpc) is 1.82. The fourth-order valence-corrected chi connectivity index (χ4v) is 0.970. The largest absolute Gasteiger partial charge is 0.507 e. The second-order valence-corrected chi connectivity index (χ2v) is 2.95. The van der Waals surface area contributed by atoms with Crippen LogP contribution in [0.25, 0.3) is 0 Å². The highest BCUT2D eigenvalue weighted by Crippen LogP contribution is 2.29. The van der Waals surface area contributed by atoms with Crippen LogP contribution in [0.3, 0.4) is 0 Å². The number of aromatic hydroxyl groups is 1. The molecule has 1 N–H and O–H groups in total. The van der Waals surface area contributed by atoms with Gasteiger partial charge in [0.25, 0.3) is 0 Å². The van der Waals surface area contributed by atoms with Crippen LogP contribution in [0.4, 0.5) is 4.39 Å². The van der Waals surface area contributed by atoms with E-state index in [9.17, 15) is 4.39 Å². The van der Waals surface area contributed by atoms with E-state index in [0.29, 0.717) is 0 Å². The van der Waals surface area contributed by atoms with Gasteiger partial charge in [0.05, 0.1) is 4.47 Å². The molecule has 0 amide bonds. The van der Waals surface area contributed by atoms with Gasteiger partial charge in [-0.15, -0.1) is 0 Å². The lowest BCUT2D eigenvalue weighted by Crippen LogP contribution is -1.77. The third-order valence-electron chi connectivity index (χ3n) is 0.974. The normalized spacial score (nSPS) is 9.90. The molecule has 0 aromatic heterocycles. The Hall–Kier alpha value is -0.280. The molecule has 0 saturated heterocycles. The summed E-state index contributed by atoms with van der Waals surface area (Å²) in [6, 6.07) is 2.38. The Morgan fingerprint density at radius 1 is 1.50 bits per heavy atom. The molecule has 0 unspecified atom stereocenters. The molecule has 0 atom stereocenters. The fourth-order valence-electron chi connectivity index (χ4n) is 0.542. The highest BCUT2D eigenvalue weighted by molar-refractivity contribution is 9.10. The third kappa shape index (κ3) is 1.41.